The molecule has 126 valence electrons. The summed E-state index contributed by atoms with van der Waals surface area (Å²) < 4.78 is 10.2. The van der Waals surface area contributed by atoms with E-state index in [0.29, 0.717) is 11.4 Å². The Morgan fingerprint density at radius 3 is 2.43 bits per heavy atom. The van der Waals surface area contributed by atoms with Gasteiger partial charge in [0.25, 0.3) is 5.91 Å². The van der Waals surface area contributed by atoms with E-state index in [1.807, 2.05) is 5.32 Å². The van der Waals surface area contributed by atoms with E-state index in [1.165, 1.54) is 0 Å². The van der Waals surface area contributed by atoms with Crippen LogP contribution in [0.5, 0.6) is 5.75 Å². The van der Waals surface area contributed by atoms with Crippen LogP contribution in [0.15, 0.2) is 24.3 Å². The quantitative estimate of drug-likeness (QED) is 0.728. The van der Waals surface area contributed by atoms with E-state index in [0.717, 1.165) is 0 Å². The lowest BCUT2D eigenvalue weighted by molar-refractivity contribution is -0.135. The molecule has 0 saturated carbocycles. The van der Waals surface area contributed by atoms with Crippen molar-refractivity contribution in [3.63, 3.8) is 0 Å². The largest absolute Gasteiger partial charge is 0.482 e. The molecule has 1 aromatic carbocycles. The number of imide groups is 1. The number of carboxylic acids is 1. The molecule has 0 radical (unpaired) electrons. The summed E-state index contributed by atoms with van der Waals surface area (Å²) in [5.41, 5.74) is -0.279. The minimum absolute atomic E-state index is 0.287. The number of amides is 2. The molecule has 0 aliphatic heterocycles. The second-order valence-corrected chi connectivity index (χ2v) is 5.58. The number of para-hydroxylation sites is 2. The number of rotatable bonds is 6. The number of anilines is 1. The van der Waals surface area contributed by atoms with Crippen LogP contribution in [-0.4, -0.2) is 41.8 Å². The van der Waals surface area contributed by atoms with E-state index >= 15 is 0 Å². The first-order valence-electron chi connectivity index (χ1n) is 6.88. The fraction of sp³-hybridized carbons (Fsp3) is 0.400. The van der Waals surface area contributed by atoms with Gasteiger partial charge in [-0.2, -0.15) is 0 Å². The molecule has 0 aromatic heterocycles. The van der Waals surface area contributed by atoms with E-state index in [9.17, 15) is 14.4 Å². The monoisotopic (exact) mass is 324 g/mol. The summed E-state index contributed by atoms with van der Waals surface area (Å²) in [6.07, 6.45) is -0.858. The number of benzene rings is 1. The van der Waals surface area contributed by atoms with Crippen molar-refractivity contribution < 1.29 is 29.0 Å². The summed E-state index contributed by atoms with van der Waals surface area (Å²) in [4.78, 5) is 33.6. The van der Waals surface area contributed by atoms with Crippen LogP contribution < -0.4 is 15.4 Å². The van der Waals surface area contributed by atoms with Crippen LogP contribution in [-0.2, 0) is 14.3 Å². The second kappa shape index (κ2) is 8.02. The van der Waals surface area contributed by atoms with Gasteiger partial charge in [-0.3, -0.25) is 14.9 Å². The van der Waals surface area contributed by atoms with Gasteiger partial charge in [-0.15, -0.1) is 0 Å². The Hall–Kier alpha value is -2.77. The number of ether oxygens (including phenoxy) is 2. The number of alkyl carbamates (subject to hydrolysis) is 1. The summed E-state index contributed by atoms with van der Waals surface area (Å²) in [6.45, 7) is 4.34. The molecule has 8 nitrogen and oxygen atoms in total. The van der Waals surface area contributed by atoms with E-state index in [1.54, 1.807) is 45.0 Å². The average Bonchev–Trinajstić information content (AvgIpc) is 2.41. The molecule has 0 heterocycles. The van der Waals surface area contributed by atoms with Gasteiger partial charge in [0.2, 0.25) is 0 Å². The number of aliphatic carboxylic acids is 1. The van der Waals surface area contributed by atoms with Gasteiger partial charge in [-0.05, 0) is 32.9 Å². The first-order valence-corrected chi connectivity index (χ1v) is 6.88. The summed E-state index contributed by atoms with van der Waals surface area (Å²) in [7, 11) is 0. The molecule has 0 atom stereocenters. The number of hydrogen-bond donors (Lipinski definition) is 3. The van der Waals surface area contributed by atoms with Gasteiger partial charge >= 0.3 is 12.1 Å². The molecule has 0 spiro atoms. The Morgan fingerprint density at radius 1 is 1.17 bits per heavy atom. The molecule has 1 aromatic rings. The van der Waals surface area contributed by atoms with Gasteiger partial charge < -0.3 is 19.9 Å². The van der Waals surface area contributed by atoms with Gasteiger partial charge in [-0.1, -0.05) is 12.1 Å². The molecule has 0 saturated heterocycles. The lowest BCUT2D eigenvalue weighted by Gasteiger charge is -2.19. The van der Waals surface area contributed by atoms with Crippen LogP contribution in [0.25, 0.3) is 0 Å². The lowest BCUT2D eigenvalue weighted by Crippen LogP contribution is -2.38. The Labute approximate surface area is 133 Å². The number of nitrogens with one attached hydrogen (secondary N) is 2. The Morgan fingerprint density at radius 2 is 1.83 bits per heavy atom. The molecule has 23 heavy (non-hydrogen) atoms. The molecular formula is C15H20N2O6. The zero-order valence-electron chi connectivity index (χ0n) is 13.2. The number of hydrogen-bond acceptors (Lipinski definition) is 6. The van der Waals surface area contributed by atoms with Crippen molar-refractivity contribution in [2.75, 3.05) is 18.5 Å². The molecule has 0 fully saturated rings. The van der Waals surface area contributed by atoms with Crippen molar-refractivity contribution in [3.05, 3.63) is 24.3 Å². The number of carbonyl (C=O) groups is 3. The van der Waals surface area contributed by atoms with Crippen molar-refractivity contribution in [1.29, 1.82) is 0 Å². The smallest absolute Gasteiger partial charge is 0.414 e. The summed E-state index contributed by atoms with van der Waals surface area (Å²) in [6, 6.07) is 6.56. The fourth-order valence-corrected chi connectivity index (χ4v) is 1.51. The van der Waals surface area contributed by atoms with E-state index < -0.39 is 30.2 Å². The lowest BCUT2D eigenvalue weighted by atomic mass is 10.2. The SMILES string of the molecule is CC(C)(C)OC(=O)NC(=O)COc1ccccc1NCC(=O)O. The third-order valence-electron chi connectivity index (χ3n) is 2.32. The molecule has 1 rings (SSSR count). The maximum absolute atomic E-state index is 11.6. The van der Waals surface area contributed by atoms with Crippen LogP contribution in [0.2, 0.25) is 0 Å². The topological polar surface area (TPSA) is 114 Å². The third-order valence-corrected chi connectivity index (χ3v) is 2.32. The highest BCUT2D eigenvalue weighted by Gasteiger charge is 2.18. The Balaban J connectivity index is 2.53. The molecular weight excluding hydrogens is 304 g/mol. The van der Waals surface area contributed by atoms with Gasteiger partial charge in [0.1, 0.15) is 17.9 Å². The zero-order chi connectivity index (χ0) is 17.5. The zero-order valence-corrected chi connectivity index (χ0v) is 13.2. The third kappa shape index (κ3) is 7.70. The van der Waals surface area contributed by atoms with Crippen LogP contribution in [0.3, 0.4) is 0 Å². The Bertz CT molecular complexity index is 580. The normalized spacial score (nSPS) is 10.6. The standard InChI is InChI=1S/C15H20N2O6/c1-15(2,3)23-14(21)17-12(18)9-22-11-7-5-4-6-10(11)16-8-13(19)20/h4-7,16H,8-9H2,1-3H3,(H,19,20)(H,17,18,21). The van der Waals surface area contributed by atoms with Gasteiger partial charge in [0, 0.05) is 0 Å². The van der Waals surface area contributed by atoms with Crippen LogP contribution in [0.4, 0.5) is 10.5 Å². The number of carbonyl (C=O) groups excluding carboxylic acids is 2. The van der Waals surface area contributed by atoms with Crippen molar-refractivity contribution in [2.24, 2.45) is 0 Å². The highest BCUT2D eigenvalue weighted by Crippen LogP contribution is 2.23. The maximum atomic E-state index is 11.6. The maximum Gasteiger partial charge on any atom is 0.414 e. The van der Waals surface area contributed by atoms with Crippen molar-refractivity contribution in [1.82, 2.24) is 5.32 Å². The van der Waals surface area contributed by atoms with Crippen LogP contribution in [0.1, 0.15) is 20.8 Å². The highest BCUT2D eigenvalue weighted by molar-refractivity contribution is 5.92. The second-order valence-electron chi connectivity index (χ2n) is 5.58. The van der Waals surface area contributed by atoms with Crippen molar-refractivity contribution >= 4 is 23.7 Å². The predicted molar refractivity (Wildman–Crippen MR) is 82.4 cm³/mol. The minimum Gasteiger partial charge on any atom is -0.482 e. The first-order chi connectivity index (χ1) is 10.7. The summed E-state index contributed by atoms with van der Waals surface area (Å²) in [5.74, 6) is -1.40. The van der Waals surface area contributed by atoms with E-state index in [-0.39, 0.29) is 6.54 Å². The molecule has 0 bridgehead atoms. The van der Waals surface area contributed by atoms with Crippen molar-refractivity contribution in [2.45, 2.75) is 26.4 Å². The number of carboxylic acid groups (broad SMARTS) is 1. The summed E-state index contributed by atoms with van der Waals surface area (Å²) in [5, 5.41) is 13.4. The van der Waals surface area contributed by atoms with Crippen LogP contribution in [0, 0.1) is 0 Å². The molecule has 0 aliphatic rings. The molecule has 2 amide bonds. The molecule has 8 heteroatoms. The molecule has 0 aliphatic carbocycles. The van der Waals surface area contributed by atoms with Gasteiger partial charge in [-0.25, -0.2) is 4.79 Å². The van der Waals surface area contributed by atoms with Gasteiger partial charge in [0.15, 0.2) is 6.61 Å². The van der Waals surface area contributed by atoms with E-state index in [4.69, 9.17) is 14.6 Å². The molecule has 0 unspecified atom stereocenters. The Kier molecular flexibility index (Phi) is 6.37. The minimum atomic E-state index is -1.03. The van der Waals surface area contributed by atoms with Gasteiger partial charge in [0.05, 0.1) is 5.69 Å². The predicted octanol–water partition coefficient (Wildman–Crippen LogP) is 1.61. The first kappa shape index (κ1) is 18.3. The van der Waals surface area contributed by atoms with E-state index in [2.05, 4.69) is 5.32 Å². The fourth-order valence-electron chi connectivity index (χ4n) is 1.51. The summed E-state index contributed by atoms with van der Waals surface area (Å²) >= 11 is 0. The van der Waals surface area contributed by atoms with Crippen LogP contribution >= 0.6 is 0 Å². The molecule has 3 N–H and O–H groups in total. The average molecular weight is 324 g/mol. The highest BCUT2D eigenvalue weighted by atomic mass is 16.6. The van der Waals surface area contributed by atoms with Crippen molar-refractivity contribution in [3.8, 4) is 5.75 Å².